The molecule has 1 aromatic rings. The normalized spacial score (nSPS) is 15.1. The van der Waals surface area contributed by atoms with Gasteiger partial charge in [-0.3, -0.25) is 9.48 Å². The second-order valence-corrected chi connectivity index (χ2v) is 6.51. The van der Waals surface area contributed by atoms with Gasteiger partial charge < -0.3 is 10.0 Å². The van der Waals surface area contributed by atoms with E-state index >= 15 is 0 Å². The molecule has 1 N–H and O–H groups in total. The van der Waals surface area contributed by atoms with Crippen molar-refractivity contribution in [2.75, 3.05) is 6.54 Å². The molecule has 2 heterocycles. The molecule has 1 aliphatic heterocycles. The van der Waals surface area contributed by atoms with E-state index in [1.54, 1.807) is 16.6 Å². The number of amides is 1. The molecule has 0 atom stereocenters. The van der Waals surface area contributed by atoms with E-state index in [1.807, 2.05) is 20.8 Å². The molecule has 0 saturated carbocycles. The Morgan fingerprint density at radius 1 is 1.35 bits per heavy atom. The Balaban J connectivity index is 2.20. The number of carbonyl (C=O) groups is 2. The van der Waals surface area contributed by atoms with Crippen LogP contribution in [0.15, 0.2) is 0 Å². The average Bonchev–Trinajstić information content (AvgIpc) is 2.64. The molecule has 0 spiro atoms. The van der Waals surface area contributed by atoms with Crippen molar-refractivity contribution in [1.82, 2.24) is 14.7 Å². The van der Waals surface area contributed by atoms with Crippen molar-refractivity contribution in [3.63, 3.8) is 0 Å². The predicted molar refractivity (Wildman–Crippen MR) is 73.4 cm³/mol. The molecule has 0 aliphatic carbocycles. The fraction of sp³-hybridized carbons (Fsp3) is 0.643. The standard InChI is InChI=1S/C14H21N3O3/c1-14(2,3)7-11(18)17-6-5-9-10(8-17)16(4)15-12(9)13(19)20/h5-8H2,1-4H3,(H,19,20). The molecule has 0 radical (unpaired) electrons. The lowest BCUT2D eigenvalue weighted by atomic mass is 9.91. The summed E-state index contributed by atoms with van der Waals surface area (Å²) in [5.41, 5.74) is 1.66. The summed E-state index contributed by atoms with van der Waals surface area (Å²) in [6, 6.07) is 0. The number of carboxylic acids is 1. The van der Waals surface area contributed by atoms with Gasteiger partial charge >= 0.3 is 5.97 Å². The number of aromatic carboxylic acids is 1. The SMILES string of the molecule is Cn1nc(C(=O)O)c2c1CN(C(=O)CC(C)(C)C)CC2. The highest BCUT2D eigenvalue weighted by molar-refractivity contribution is 5.87. The number of fused-ring (bicyclic) bond motifs is 1. The largest absolute Gasteiger partial charge is 0.476 e. The second kappa shape index (κ2) is 4.92. The Labute approximate surface area is 118 Å². The topological polar surface area (TPSA) is 75.4 Å². The van der Waals surface area contributed by atoms with Gasteiger partial charge in [-0.1, -0.05) is 20.8 Å². The van der Waals surface area contributed by atoms with E-state index in [4.69, 9.17) is 5.11 Å². The van der Waals surface area contributed by atoms with Gasteiger partial charge in [-0.25, -0.2) is 4.79 Å². The van der Waals surface area contributed by atoms with Gasteiger partial charge in [0.2, 0.25) is 5.91 Å². The molecule has 6 heteroatoms. The maximum absolute atomic E-state index is 12.3. The maximum Gasteiger partial charge on any atom is 0.356 e. The van der Waals surface area contributed by atoms with Gasteiger partial charge in [0.1, 0.15) is 0 Å². The lowest BCUT2D eigenvalue weighted by Gasteiger charge is -2.30. The molecule has 2 rings (SSSR count). The number of aryl methyl sites for hydroxylation is 1. The molecule has 1 aliphatic rings. The molecular weight excluding hydrogens is 258 g/mol. The van der Waals surface area contributed by atoms with Crippen LogP contribution in [0.1, 0.15) is 48.9 Å². The van der Waals surface area contributed by atoms with Crippen LogP contribution in [0, 0.1) is 5.41 Å². The van der Waals surface area contributed by atoms with Gasteiger partial charge in [-0.15, -0.1) is 0 Å². The number of carbonyl (C=O) groups excluding carboxylic acids is 1. The predicted octanol–water partition coefficient (Wildman–Crippen LogP) is 1.44. The zero-order valence-corrected chi connectivity index (χ0v) is 12.4. The molecular formula is C14H21N3O3. The summed E-state index contributed by atoms with van der Waals surface area (Å²) < 4.78 is 1.58. The number of carboxylic acid groups (broad SMARTS) is 1. The van der Waals surface area contributed by atoms with Crippen molar-refractivity contribution in [3.8, 4) is 0 Å². The van der Waals surface area contributed by atoms with E-state index in [2.05, 4.69) is 5.10 Å². The van der Waals surface area contributed by atoms with Crippen LogP contribution in [0.25, 0.3) is 0 Å². The molecule has 0 saturated heterocycles. The minimum Gasteiger partial charge on any atom is -0.476 e. The van der Waals surface area contributed by atoms with Crippen molar-refractivity contribution < 1.29 is 14.7 Å². The summed E-state index contributed by atoms with van der Waals surface area (Å²) in [7, 11) is 1.73. The summed E-state index contributed by atoms with van der Waals surface area (Å²) in [5, 5.41) is 13.2. The minimum atomic E-state index is -1.00. The van der Waals surface area contributed by atoms with Gasteiger partial charge in [0, 0.05) is 25.6 Å². The molecule has 0 unspecified atom stereocenters. The monoisotopic (exact) mass is 279 g/mol. The number of aromatic nitrogens is 2. The van der Waals surface area contributed by atoms with E-state index in [-0.39, 0.29) is 17.0 Å². The van der Waals surface area contributed by atoms with Gasteiger partial charge in [0.15, 0.2) is 5.69 Å². The fourth-order valence-electron chi connectivity index (χ4n) is 2.52. The third kappa shape index (κ3) is 2.84. The molecule has 6 nitrogen and oxygen atoms in total. The van der Waals surface area contributed by atoms with Crippen molar-refractivity contribution >= 4 is 11.9 Å². The van der Waals surface area contributed by atoms with Gasteiger partial charge in [-0.2, -0.15) is 5.10 Å². The highest BCUT2D eigenvalue weighted by atomic mass is 16.4. The highest BCUT2D eigenvalue weighted by Crippen LogP contribution is 2.25. The Morgan fingerprint density at radius 2 is 2.00 bits per heavy atom. The van der Waals surface area contributed by atoms with Crippen LogP contribution in [0.5, 0.6) is 0 Å². The Kier molecular flexibility index (Phi) is 3.58. The first-order valence-corrected chi connectivity index (χ1v) is 6.75. The molecule has 0 bridgehead atoms. The average molecular weight is 279 g/mol. The number of hydrogen-bond donors (Lipinski definition) is 1. The first-order valence-electron chi connectivity index (χ1n) is 6.75. The zero-order chi connectivity index (χ0) is 15.1. The van der Waals surface area contributed by atoms with E-state index in [9.17, 15) is 9.59 Å². The molecule has 110 valence electrons. The molecule has 20 heavy (non-hydrogen) atoms. The van der Waals surface area contributed by atoms with Crippen LogP contribution >= 0.6 is 0 Å². The van der Waals surface area contributed by atoms with E-state index in [1.165, 1.54) is 0 Å². The van der Waals surface area contributed by atoms with Gasteiger partial charge in [-0.05, 0) is 11.8 Å². The molecule has 0 aromatic carbocycles. The smallest absolute Gasteiger partial charge is 0.356 e. The van der Waals surface area contributed by atoms with Crippen molar-refractivity contribution in [3.05, 3.63) is 17.0 Å². The van der Waals surface area contributed by atoms with E-state index in [0.717, 1.165) is 11.3 Å². The van der Waals surface area contributed by atoms with Crippen LogP contribution in [-0.4, -0.2) is 38.2 Å². The third-order valence-corrected chi connectivity index (χ3v) is 3.48. The summed E-state index contributed by atoms with van der Waals surface area (Å²) in [6.07, 6.45) is 1.05. The van der Waals surface area contributed by atoms with Crippen molar-refractivity contribution in [1.29, 1.82) is 0 Å². The van der Waals surface area contributed by atoms with Crippen LogP contribution in [0.2, 0.25) is 0 Å². The van der Waals surface area contributed by atoms with Crippen LogP contribution in [0.3, 0.4) is 0 Å². The molecule has 1 aromatic heterocycles. The zero-order valence-electron chi connectivity index (χ0n) is 12.4. The summed E-state index contributed by atoms with van der Waals surface area (Å²) >= 11 is 0. The fourth-order valence-corrected chi connectivity index (χ4v) is 2.52. The first kappa shape index (κ1) is 14.6. The summed E-state index contributed by atoms with van der Waals surface area (Å²) in [4.78, 5) is 25.2. The Hall–Kier alpha value is -1.85. The Morgan fingerprint density at radius 3 is 2.55 bits per heavy atom. The molecule has 0 fully saturated rings. The van der Waals surface area contributed by atoms with E-state index < -0.39 is 5.97 Å². The second-order valence-electron chi connectivity index (χ2n) is 6.51. The van der Waals surface area contributed by atoms with Gasteiger partial charge in [0.25, 0.3) is 0 Å². The minimum absolute atomic E-state index is 0.0456. The van der Waals surface area contributed by atoms with Crippen molar-refractivity contribution in [2.45, 2.75) is 40.2 Å². The number of hydrogen-bond acceptors (Lipinski definition) is 3. The quantitative estimate of drug-likeness (QED) is 0.888. The van der Waals surface area contributed by atoms with Crippen LogP contribution in [-0.2, 0) is 24.8 Å². The van der Waals surface area contributed by atoms with E-state index in [0.29, 0.717) is 25.9 Å². The Bertz CT molecular complexity index is 555. The van der Waals surface area contributed by atoms with Crippen LogP contribution < -0.4 is 0 Å². The maximum atomic E-state index is 12.3. The number of rotatable bonds is 2. The van der Waals surface area contributed by atoms with Crippen LogP contribution in [0.4, 0.5) is 0 Å². The molecule has 1 amide bonds. The number of nitrogens with zero attached hydrogens (tertiary/aromatic N) is 3. The summed E-state index contributed by atoms with van der Waals surface area (Å²) in [5.74, 6) is -0.891. The van der Waals surface area contributed by atoms with Crippen molar-refractivity contribution in [2.24, 2.45) is 12.5 Å². The highest BCUT2D eigenvalue weighted by Gasteiger charge is 2.30. The summed E-state index contributed by atoms with van der Waals surface area (Å²) in [6.45, 7) is 7.11. The third-order valence-electron chi connectivity index (χ3n) is 3.48. The lowest BCUT2D eigenvalue weighted by Crippen LogP contribution is -2.38. The first-order chi connectivity index (χ1) is 9.19. The van der Waals surface area contributed by atoms with Gasteiger partial charge in [0.05, 0.1) is 12.2 Å². The lowest BCUT2D eigenvalue weighted by molar-refractivity contribution is -0.134.